The molecular weight excluding hydrogens is 374 g/mol. The van der Waals surface area contributed by atoms with Gasteiger partial charge in [0.2, 0.25) is 5.91 Å². The third-order valence-corrected chi connectivity index (χ3v) is 5.98. The Morgan fingerprint density at radius 1 is 1.29 bits per heavy atom. The molecule has 0 saturated heterocycles. The van der Waals surface area contributed by atoms with Crippen molar-refractivity contribution in [3.8, 4) is 11.3 Å². The molecule has 0 bridgehead atoms. The first-order valence-electron chi connectivity index (χ1n) is 9.37. The van der Waals surface area contributed by atoms with Gasteiger partial charge in [0.15, 0.2) is 10.9 Å². The zero-order valence-electron chi connectivity index (χ0n) is 15.3. The fraction of sp³-hybridized carbons (Fsp3) is 0.286. The number of thiazole rings is 1. The molecule has 5 rings (SSSR count). The summed E-state index contributed by atoms with van der Waals surface area (Å²) in [6.07, 6.45) is 4.35. The largest absolute Gasteiger partial charge is 0.459 e. The molecule has 2 aliphatic rings. The van der Waals surface area contributed by atoms with Gasteiger partial charge in [-0.05, 0) is 56.0 Å². The molecule has 3 aromatic rings. The van der Waals surface area contributed by atoms with Crippen molar-refractivity contribution in [2.45, 2.75) is 32.2 Å². The number of fused-ring (bicyclic) bond motifs is 1. The van der Waals surface area contributed by atoms with Crippen molar-refractivity contribution in [3.05, 3.63) is 53.3 Å². The molecule has 1 aliphatic heterocycles. The number of benzene rings is 1. The van der Waals surface area contributed by atoms with E-state index >= 15 is 0 Å². The van der Waals surface area contributed by atoms with E-state index in [2.05, 4.69) is 23.3 Å². The van der Waals surface area contributed by atoms with Gasteiger partial charge in [-0.25, -0.2) is 4.98 Å². The summed E-state index contributed by atoms with van der Waals surface area (Å²) in [5, 5.41) is 5.20. The molecular formula is C21H19N3O3S. The maximum atomic E-state index is 12.6. The third-order valence-electron chi connectivity index (χ3n) is 5.22. The van der Waals surface area contributed by atoms with Crippen molar-refractivity contribution < 1.29 is 14.0 Å². The van der Waals surface area contributed by atoms with E-state index in [0.717, 1.165) is 36.2 Å². The van der Waals surface area contributed by atoms with Gasteiger partial charge < -0.3 is 9.32 Å². The molecule has 142 valence electrons. The molecule has 6 nitrogen and oxygen atoms in total. The summed E-state index contributed by atoms with van der Waals surface area (Å²) < 4.78 is 5.10. The number of amides is 2. The number of furan rings is 1. The molecule has 1 N–H and O–H groups in total. The predicted molar refractivity (Wildman–Crippen MR) is 108 cm³/mol. The number of carbonyl (C=O) groups is 2. The van der Waals surface area contributed by atoms with Crippen LogP contribution in [0.5, 0.6) is 0 Å². The summed E-state index contributed by atoms with van der Waals surface area (Å²) in [4.78, 5) is 31.2. The molecule has 0 spiro atoms. The fourth-order valence-corrected chi connectivity index (χ4v) is 4.40. The van der Waals surface area contributed by atoms with Crippen LogP contribution in [0.25, 0.3) is 11.3 Å². The van der Waals surface area contributed by atoms with Crippen molar-refractivity contribution >= 4 is 34.0 Å². The molecule has 28 heavy (non-hydrogen) atoms. The van der Waals surface area contributed by atoms with Crippen LogP contribution in [0.15, 0.2) is 46.4 Å². The first kappa shape index (κ1) is 17.2. The minimum atomic E-state index is -0.317. The number of anilines is 2. The van der Waals surface area contributed by atoms with E-state index < -0.39 is 0 Å². The van der Waals surface area contributed by atoms with E-state index in [1.54, 1.807) is 12.1 Å². The highest BCUT2D eigenvalue weighted by molar-refractivity contribution is 7.14. The van der Waals surface area contributed by atoms with Gasteiger partial charge in [-0.3, -0.25) is 14.9 Å². The van der Waals surface area contributed by atoms with Crippen LogP contribution in [0.4, 0.5) is 10.8 Å². The van der Waals surface area contributed by atoms with Gasteiger partial charge in [0.05, 0.1) is 12.0 Å². The average molecular weight is 393 g/mol. The number of hydrogen-bond donors (Lipinski definition) is 1. The van der Waals surface area contributed by atoms with Crippen molar-refractivity contribution in [2.24, 2.45) is 5.92 Å². The second kappa shape index (κ2) is 6.60. The molecule has 1 saturated carbocycles. The van der Waals surface area contributed by atoms with Gasteiger partial charge in [-0.2, -0.15) is 0 Å². The van der Waals surface area contributed by atoms with Crippen LogP contribution in [-0.4, -0.2) is 22.8 Å². The van der Waals surface area contributed by atoms with Crippen LogP contribution in [0.1, 0.15) is 35.9 Å². The molecule has 1 aromatic carbocycles. The molecule has 3 heterocycles. The van der Waals surface area contributed by atoms with Crippen LogP contribution >= 0.6 is 11.3 Å². The molecule has 2 aromatic heterocycles. The highest BCUT2D eigenvalue weighted by Crippen LogP contribution is 2.40. The second-order valence-corrected chi connectivity index (χ2v) is 8.21. The van der Waals surface area contributed by atoms with Crippen LogP contribution in [0, 0.1) is 5.92 Å². The highest BCUT2D eigenvalue weighted by Gasteiger charge is 2.39. The SMILES string of the molecule is C[C@@H]1Cc2cc(-c3csc(NC(=O)c4ccco4)n3)ccc2N1C(=O)C1CC1. The Labute approximate surface area is 166 Å². The monoisotopic (exact) mass is 393 g/mol. The van der Waals surface area contributed by atoms with Crippen molar-refractivity contribution in [3.63, 3.8) is 0 Å². The molecule has 1 fully saturated rings. The fourth-order valence-electron chi connectivity index (χ4n) is 3.68. The van der Waals surface area contributed by atoms with Crippen molar-refractivity contribution in [1.82, 2.24) is 4.98 Å². The number of carbonyl (C=O) groups excluding carboxylic acids is 2. The summed E-state index contributed by atoms with van der Waals surface area (Å²) in [5.41, 5.74) is 3.99. The molecule has 0 radical (unpaired) electrons. The van der Waals surface area contributed by atoms with Crippen LogP contribution in [-0.2, 0) is 11.2 Å². The van der Waals surface area contributed by atoms with Gasteiger partial charge in [0.1, 0.15) is 0 Å². The van der Waals surface area contributed by atoms with Gasteiger partial charge in [-0.1, -0.05) is 6.07 Å². The summed E-state index contributed by atoms with van der Waals surface area (Å²) in [6.45, 7) is 2.10. The molecule has 0 unspecified atom stereocenters. The Balaban J connectivity index is 1.37. The lowest BCUT2D eigenvalue weighted by molar-refractivity contribution is -0.120. The van der Waals surface area contributed by atoms with Crippen LogP contribution < -0.4 is 10.2 Å². The maximum Gasteiger partial charge on any atom is 0.293 e. The van der Waals surface area contributed by atoms with Crippen molar-refractivity contribution in [1.29, 1.82) is 0 Å². The number of nitrogens with zero attached hydrogens (tertiary/aromatic N) is 2. The standard InChI is InChI=1S/C21H19N3O3S/c1-12-9-15-10-14(6-7-17(15)24(12)20(26)13-4-5-13)16-11-28-21(22-16)23-19(25)18-3-2-8-27-18/h2-3,6-8,10-13H,4-5,9H2,1H3,(H,22,23,25)/t12-/m1/s1. The Kier molecular flexibility index (Phi) is 4.05. The van der Waals surface area contributed by atoms with E-state index in [1.165, 1.54) is 23.2 Å². The lowest BCUT2D eigenvalue weighted by Gasteiger charge is -2.22. The zero-order chi connectivity index (χ0) is 19.3. The van der Waals surface area contributed by atoms with E-state index in [-0.39, 0.29) is 29.5 Å². The first-order valence-corrected chi connectivity index (χ1v) is 10.2. The number of rotatable bonds is 4. The molecule has 2 amide bonds. The minimum absolute atomic E-state index is 0.192. The zero-order valence-corrected chi connectivity index (χ0v) is 16.2. The Morgan fingerprint density at radius 3 is 2.89 bits per heavy atom. The first-order chi connectivity index (χ1) is 13.6. The van der Waals surface area contributed by atoms with Gasteiger partial charge in [0.25, 0.3) is 5.91 Å². The minimum Gasteiger partial charge on any atom is -0.459 e. The van der Waals surface area contributed by atoms with Crippen LogP contribution in [0.3, 0.4) is 0 Å². The molecule has 7 heteroatoms. The van der Waals surface area contributed by atoms with E-state index in [9.17, 15) is 9.59 Å². The summed E-state index contributed by atoms with van der Waals surface area (Å²) >= 11 is 1.37. The topological polar surface area (TPSA) is 75.4 Å². The highest BCUT2D eigenvalue weighted by atomic mass is 32.1. The Bertz CT molecular complexity index is 1050. The Hall–Kier alpha value is -2.93. The lowest BCUT2D eigenvalue weighted by Crippen LogP contribution is -2.36. The third kappa shape index (κ3) is 3.01. The average Bonchev–Trinajstić information content (AvgIpc) is 3.07. The second-order valence-electron chi connectivity index (χ2n) is 7.35. The summed E-state index contributed by atoms with van der Waals surface area (Å²) in [7, 11) is 0. The quantitative estimate of drug-likeness (QED) is 0.715. The van der Waals surface area contributed by atoms with E-state index in [1.807, 2.05) is 22.4 Å². The summed E-state index contributed by atoms with van der Waals surface area (Å²) in [5.74, 6) is 0.411. The van der Waals surface area contributed by atoms with Crippen molar-refractivity contribution in [2.75, 3.05) is 10.2 Å². The maximum absolute atomic E-state index is 12.6. The lowest BCUT2D eigenvalue weighted by atomic mass is 10.1. The van der Waals surface area contributed by atoms with E-state index in [0.29, 0.717) is 5.13 Å². The van der Waals surface area contributed by atoms with E-state index in [4.69, 9.17) is 4.42 Å². The Morgan fingerprint density at radius 2 is 2.14 bits per heavy atom. The van der Waals surface area contributed by atoms with Gasteiger partial charge in [-0.15, -0.1) is 11.3 Å². The normalized spacial score (nSPS) is 18.2. The predicted octanol–water partition coefficient (Wildman–Crippen LogP) is 4.34. The molecule has 1 atom stereocenters. The van der Waals surface area contributed by atoms with Crippen LogP contribution in [0.2, 0.25) is 0 Å². The van der Waals surface area contributed by atoms with Gasteiger partial charge in [0, 0.05) is 28.6 Å². The smallest absolute Gasteiger partial charge is 0.293 e. The summed E-state index contributed by atoms with van der Waals surface area (Å²) in [6, 6.07) is 9.60. The van der Waals surface area contributed by atoms with Gasteiger partial charge >= 0.3 is 0 Å². The number of hydrogen-bond acceptors (Lipinski definition) is 5. The number of aromatic nitrogens is 1. The molecule has 1 aliphatic carbocycles. The number of nitrogens with one attached hydrogen (secondary N) is 1.